The average molecular weight is 469 g/mol. The van der Waals surface area contributed by atoms with Crippen molar-refractivity contribution < 1.29 is 23.9 Å². The molecular formula is C23H33BrO5. The standard InChI is InChI=1S/C23H33BrO5/c1-13(25)28-16-9-10-22(4)15(11-16)5-6-18-17-7-8-20(29-14(2)26)21(17,3)12-19(27)23(18,22)24/h15-18,20H,5-12H2,1-4H3/t15-,16+,17-,18+,20+,21-,22+,23-/m0/s1. The fourth-order valence-electron chi connectivity index (χ4n) is 7.63. The monoisotopic (exact) mass is 468 g/mol. The van der Waals surface area contributed by atoms with Gasteiger partial charge in [-0.25, -0.2) is 0 Å². The quantitative estimate of drug-likeness (QED) is 0.437. The van der Waals surface area contributed by atoms with Crippen LogP contribution in [0.25, 0.3) is 0 Å². The molecule has 4 rings (SSSR count). The summed E-state index contributed by atoms with van der Waals surface area (Å²) < 4.78 is 10.7. The van der Waals surface area contributed by atoms with E-state index in [0.717, 1.165) is 44.9 Å². The van der Waals surface area contributed by atoms with Crippen LogP contribution < -0.4 is 0 Å². The zero-order valence-corrected chi connectivity index (χ0v) is 19.5. The first-order valence-corrected chi connectivity index (χ1v) is 11.9. The van der Waals surface area contributed by atoms with E-state index >= 15 is 0 Å². The van der Waals surface area contributed by atoms with Gasteiger partial charge in [0.1, 0.15) is 12.2 Å². The SMILES string of the molecule is CC(=O)O[C@@H]1CC[C@]2(C)[C@@H](CC[C@@H]3[C@@H]4CC[C@@H](OC(C)=O)[C@@]4(C)CC(=O)[C@@]32Br)C1. The van der Waals surface area contributed by atoms with E-state index in [1.165, 1.54) is 13.8 Å². The number of esters is 2. The summed E-state index contributed by atoms with van der Waals surface area (Å²) in [4.78, 5) is 36.9. The van der Waals surface area contributed by atoms with E-state index in [0.29, 0.717) is 18.3 Å². The van der Waals surface area contributed by atoms with Gasteiger partial charge in [-0.3, -0.25) is 14.4 Å². The predicted molar refractivity (Wildman–Crippen MR) is 111 cm³/mol. The maximum absolute atomic E-state index is 13.8. The van der Waals surface area contributed by atoms with Crippen molar-refractivity contribution in [2.24, 2.45) is 28.6 Å². The molecule has 5 nitrogen and oxygen atoms in total. The van der Waals surface area contributed by atoms with E-state index < -0.39 is 4.32 Å². The van der Waals surface area contributed by atoms with Crippen molar-refractivity contribution in [3.63, 3.8) is 0 Å². The molecule has 0 unspecified atom stereocenters. The maximum Gasteiger partial charge on any atom is 0.302 e. The van der Waals surface area contributed by atoms with Gasteiger partial charge in [-0.15, -0.1) is 0 Å². The second-order valence-corrected chi connectivity index (χ2v) is 11.7. The highest BCUT2D eigenvalue weighted by atomic mass is 79.9. The molecule has 6 heteroatoms. The van der Waals surface area contributed by atoms with Gasteiger partial charge in [0, 0.05) is 25.7 Å². The summed E-state index contributed by atoms with van der Waals surface area (Å²) in [6.07, 6.45) is 6.75. The molecule has 4 aliphatic rings. The van der Waals surface area contributed by atoms with E-state index in [9.17, 15) is 14.4 Å². The molecule has 0 aliphatic heterocycles. The lowest BCUT2D eigenvalue weighted by Gasteiger charge is -2.64. The lowest BCUT2D eigenvalue weighted by Crippen LogP contribution is -2.67. The van der Waals surface area contributed by atoms with Crippen molar-refractivity contribution in [3.05, 3.63) is 0 Å². The second-order valence-electron chi connectivity index (χ2n) is 10.4. The van der Waals surface area contributed by atoms with E-state index in [2.05, 4.69) is 29.8 Å². The minimum absolute atomic E-state index is 0.0259. The zero-order chi connectivity index (χ0) is 21.2. The Balaban J connectivity index is 1.63. The first-order chi connectivity index (χ1) is 13.5. The summed E-state index contributed by atoms with van der Waals surface area (Å²) in [5.74, 6) is 0.828. The molecule has 0 aromatic carbocycles. The van der Waals surface area contributed by atoms with Gasteiger partial charge in [-0.1, -0.05) is 29.8 Å². The first-order valence-electron chi connectivity index (χ1n) is 11.1. The summed E-state index contributed by atoms with van der Waals surface area (Å²) >= 11 is 4.07. The smallest absolute Gasteiger partial charge is 0.302 e. The van der Waals surface area contributed by atoms with Gasteiger partial charge in [-0.05, 0) is 68.1 Å². The molecule has 0 N–H and O–H groups in total. The van der Waals surface area contributed by atoms with E-state index in [1.54, 1.807) is 0 Å². The third kappa shape index (κ3) is 3.02. The fourth-order valence-corrected chi connectivity index (χ4v) is 8.84. The highest BCUT2D eigenvalue weighted by Crippen LogP contribution is 2.70. The van der Waals surface area contributed by atoms with Crippen LogP contribution in [0, 0.1) is 28.6 Å². The van der Waals surface area contributed by atoms with Crippen molar-refractivity contribution in [2.75, 3.05) is 0 Å². The van der Waals surface area contributed by atoms with Crippen molar-refractivity contribution >= 4 is 33.7 Å². The summed E-state index contributed by atoms with van der Waals surface area (Å²) in [6.45, 7) is 7.38. The Morgan fingerprint density at radius 3 is 2.28 bits per heavy atom. The zero-order valence-electron chi connectivity index (χ0n) is 18.0. The van der Waals surface area contributed by atoms with Crippen LogP contribution in [0.4, 0.5) is 0 Å². The number of halogens is 1. The molecule has 162 valence electrons. The van der Waals surface area contributed by atoms with Crippen LogP contribution in [0.2, 0.25) is 0 Å². The minimum atomic E-state index is -0.528. The van der Waals surface area contributed by atoms with Gasteiger partial charge in [0.2, 0.25) is 0 Å². The van der Waals surface area contributed by atoms with Crippen molar-refractivity contribution in [2.45, 2.75) is 95.6 Å². The lowest BCUT2D eigenvalue weighted by atomic mass is 9.44. The number of ketones is 1. The topological polar surface area (TPSA) is 69.7 Å². The summed E-state index contributed by atoms with van der Waals surface area (Å²) in [7, 11) is 0. The minimum Gasteiger partial charge on any atom is -0.463 e. The van der Waals surface area contributed by atoms with Crippen molar-refractivity contribution in [3.8, 4) is 0 Å². The number of rotatable bonds is 2. The molecule has 0 saturated heterocycles. The van der Waals surface area contributed by atoms with Crippen LogP contribution in [-0.2, 0) is 23.9 Å². The number of ether oxygens (including phenoxy) is 2. The second kappa shape index (κ2) is 7.06. The number of carbonyl (C=O) groups excluding carboxylic acids is 3. The molecule has 0 amide bonds. The summed E-state index contributed by atoms with van der Waals surface area (Å²) in [5, 5.41) is 0. The molecule has 4 fully saturated rings. The Morgan fingerprint density at radius 1 is 0.966 bits per heavy atom. The average Bonchev–Trinajstić information content (AvgIpc) is 2.92. The van der Waals surface area contributed by atoms with Crippen LogP contribution >= 0.6 is 15.9 Å². The summed E-state index contributed by atoms with van der Waals surface area (Å²) in [6, 6.07) is 0. The van der Waals surface area contributed by atoms with Gasteiger partial charge in [0.25, 0.3) is 0 Å². The third-order valence-electron chi connectivity index (χ3n) is 9.00. The molecule has 0 aromatic rings. The van der Waals surface area contributed by atoms with E-state index in [1.807, 2.05) is 0 Å². The van der Waals surface area contributed by atoms with Crippen LogP contribution in [0.1, 0.15) is 79.1 Å². The van der Waals surface area contributed by atoms with Gasteiger partial charge >= 0.3 is 11.9 Å². The molecule has 4 saturated carbocycles. The molecule has 0 aromatic heterocycles. The highest BCUT2D eigenvalue weighted by Gasteiger charge is 2.70. The van der Waals surface area contributed by atoms with Crippen molar-refractivity contribution in [1.29, 1.82) is 0 Å². The Hall–Kier alpha value is -0.910. The van der Waals surface area contributed by atoms with E-state index in [4.69, 9.17) is 9.47 Å². The first kappa shape index (κ1) is 21.3. The van der Waals surface area contributed by atoms with Gasteiger partial charge in [-0.2, -0.15) is 0 Å². The number of hydrogen-bond donors (Lipinski definition) is 0. The molecule has 0 heterocycles. The van der Waals surface area contributed by atoms with Crippen LogP contribution in [0.15, 0.2) is 0 Å². The van der Waals surface area contributed by atoms with E-state index in [-0.39, 0.29) is 46.7 Å². The normalized spacial score (nSPS) is 48.9. The van der Waals surface area contributed by atoms with Crippen LogP contribution in [0.5, 0.6) is 0 Å². The molecule has 29 heavy (non-hydrogen) atoms. The maximum atomic E-state index is 13.8. The number of Topliss-reactive ketones (excluding diaryl/α,β-unsaturated/α-hetero) is 1. The van der Waals surface area contributed by atoms with Gasteiger partial charge < -0.3 is 9.47 Å². The van der Waals surface area contributed by atoms with Crippen LogP contribution in [0.3, 0.4) is 0 Å². The molecule has 0 radical (unpaired) electrons. The van der Waals surface area contributed by atoms with Crippen molar-refractivity contribution in [1.82, 2.24) is 0 Å². The highest BCUT2D eigenvalue weighted by molar-refractivity contribution is 9.10. The number of fused-ring (bicyclic) bond motifs is 5. The van der Waals surface area contributed by atoms with Gasteiger partial charge in [0.15, 0.2) is 5.78 Å². The summed E-state index contributed by atoms with van der Waals surface area (Å²) in [5.41, 5.74) is -0.396. The molecule has 0 spiro atoms. The number of carbonyl (C=O) groups is 3. The fraction of sp³-hybridized carbons (Fsp3) is 0.870. The third-order valence-corrected chi connectivity index (χ3v) is 10.9. The number of alkyl halides is 1. The largest absolute Gasteiger partial charge is 0.463 e. The Morgan fingerprint density at radius 2 is 1.62 bits per heavy atom. The lowest BCUT2D eigenvalue weighted by molar-refractivity contribution is -0.169. The molecule has 4 aliphatic carbocycles. The molecule has 8 atom stereocenters. The number of hydrogen-bond acceptors (Lipinski definition) is 5. The predicted octanol–water partition coefficient (Wildman–Crippen LogP) is 4.59. The Kier molecular flexibility index (Phi) is 5.20. The van der Waals surface area contributed by atoms with Crippen LogP contribution in [-0.4, -0.2) is 34.3 Å². The molecular weight excluding hydrogens is 436 g/mol. The Labute approximate surface area is 181 Å². The Bertz CT molecular complexity index is 737. The molecule has 0 bridgehead atoms. The van der Waals surface area contributed by atoms with Gasteiger partial charge in [0.05, 0.1) is 4.32 Å².